The minimum Gasteiger partial charge on any atom is -0.493 e. The zero-order valence-corrected chi connectivity index (χ0v) is 15.6. The molecular formula is C20H29NO4. The van der Waals surface area contributed by atoms with Gasteiger partial charge in [0, 0.05) is 6.04 Å². The number of rotatable bonds is 6. The first kappa shape index (κ1) is 19.3. The lowest BCUT2D eigenvalue weighted by Crippen LogP contribution is -2.47. The minimum absolute atomic E-state index is 0.146. The number of ether oxygens (including phenoxy) is 2. The Hall–Kier alpha value is -2.04. The molecule has 1 aliphatic carbocycles. The lowest BCUT2D eigenvalue weighted by molar-refractivity contribution is -0.130. The quantitative estimate of drug-likeness (QED) is 0.799. The summed E-state index contributed by atoms with van der Waals surface area (Å²) in [7, 11) is 0. The van der Waals surface area contributed by atoms with Crippen molar-refractivity contribution < 1.29 is 19.1 Å². The van der Waals surface area contributed by atoms with Gasteiger partial charge < -0.3 is 14.8 Å². The van der Waals surface area contributed by atoms with E-state index in [0.29, 0.717) is 29.8 Å². The maximum Gasteiger partial charge on any atom is 0.342 e. The smallest absolute Gasteiger partial charge is 0.342 e. The Balaban J connectivity index is 1.95. The molecular weight excluding hydrogens is 318 g/mol. The van der Waals surface area contributed by atoms with Gasteiger partial charge >= 0.3 is 5.97 Å². The summed E-state index contributed by atoms with van der Waals surface area (Å²) in [6, 6.07) is 7.05. The molecule has 5 nitrogen and oxygen atoms in total. The Morgan fingerprint density at radius 1 is 1.24 bits per heavy atom. The van der Waals surface area contributed by atoms with Gasteiger partial charge in [0.05, 0.1) is 6.61 Å². The molecule has 1 fully saturated rings. The average Bonchev–Trinajstić information content (AvgIpc) is 2.59. The molecule has 1 aromatic rings. The molecule has 0 aromatic heterocycles. The van der Waals surface area contributed by atoms with Gasteiger partial charge in [-0.3, -0.25) is 4.79 Å². The summed E-state index contributed by atoms with van der Waals surface area (Å²) in [5.74, 6) is 0.705. The summed E-state index contributed by atoms with van der Waals surface area (Å²) in [5.41, 5.74) is 0.337. The van der Waals surface area contributed by atoms with Crippen LogP contribution in [0.4, 0.5) is 0 Å². The molecule has 0 unspecified atom stereocenters. The van der Waals surface area contributed by atoms with Crippen LogP contribution in [-0.4, -0.2) is 30.6 Å². The van der Waals surface area contributed by atoms with Gasteiger partial charge in [0.25, 0.3) is 5.91 Å². The molecule has 138 valence electrons. The molecule has 0 spiro atoms. The van der Waals surface area contributed by atoms with Crippen molar-refractivity contribution in [1.29, 1.82) is 0 Å². The third kappa shape index (κ3) is 4.97. The van der Waals surface area contributed by atoms with E-state index in [0.717, 1.165) is 12.8 Å². The minimum atomic E-state index is -0.841. The lowest BCUT2D eigenvalue weighted by Gasteiger charge is -2.35. The normalized spacial score (nSPS) is 24.2. The fraction of sp³-hybridized carbons (Fsp3) is 0.600. The maximum absolute atomic E-state index is 12.4. The number of para-hydroxylation sites is 1. The van der Waals surface area contributed by atoms with Gasteiger partial charge in [-0.15, -0.1) is 0 Å². The molecule has 0 bridgehead atoms. The van der Waals surface area contributed by atoms with Crippen LogP contribution < -0.4 is 10.1 Å². The second kappa shape index (κ2) is 8.88. The molecule has 0 radical (unpaired) electrons. The maximum atomic E-state index is 12.4. The number of hydrogen-bond donors (Lipinski definition) is 1. The third-order valence-corrected chi connectivity index (χ3v) is 5.09. The average molecular weight is 347 g/mol. The molecule has 1 saturated carbocycles. The number of hydrogen-bond acceptors (Lipinski definition) is 4. The van der Waals surface area contributed by atoms with E-state index in [-0.39, 0.29) is 11.9 Å². The topological polar surface area (TPSA) is 64.6 Å². The Morgan fingerprint density at radius 2 is 1.96 bits per heavy atom. The predicted molar refractivity (Wildman–Crippen MR) is 96.6 cm³/mol. The SMILES string of the molecule is CCOc1ccccc1C(=O)O[C@@H](C)C(=O)N[C@@H]1CCC[C@H](C)[C@@H]1C. The molecule has 1 aromatic carbocycles. The van der Waals surface area contributed by atoms with Gasteiger partial charge in [-0.05, 0) is 44.2 Å². The van der Waals surface area contributed by atoms with E-state index in [1.807, 2.05) is 6.92 Å². The van der Waals surface area contributed by atoms with Crippen LogP contribution in [0.1, 0.15) is 57.3 Å². The van der Waals surface area contributed by atoms with Crippen molar-refractivity contribution in [2.45, 2.75) is 59.1 Å². The summed E-state index contributed by atoms with van der Waals surface area (Å²) < 4.78 is 10.8. The molecule has 1 amide bonds. The van der Waals surface area contributed by atoms with Crippen LogP contribution in [0.2, 0.25) is 0 Å². The summed E-state index contributed by atoms with van der Waals surface area (Å²) in [4.78, 5) is 24.8. The van der Waals surface area contributed by atoms with Crippen molar-refractivity contribution >= 4 is 11.9 Å². The number of benzene rings is 1. The van der Waals surface area contributed by atoms with E-state index >= 15 is 0 Å². The van der Waals surface area contributed by atoms with Crippen LogP contribution in [0.25, 0.3) is 0 Å². The lowest BCUT2D eigenvalue weighted by atomic mass is 9.78. The van der Waals surface area contributed by atoms with Crippen molar-refractivity contribution in [2.24, 2.45) is 11.8 Å². The zero-order valence-electron chi connectivity index (χ0n) is 15.6. The van der Waals surface area contributed by atoms with Gasteiger partial charge in [0.2, 0.25) is 0 Å². The summed E-state index contributed by atoms with van der Waals surface area (Å²) in [6.07, 6.45) is 2.45. The Labute approximate surface area is 150 Å². The molecule has 5 heteroatoms. The Morgan fingerprint density at radius 3 is 2.68 bits per heavy atom. The van der Waals surface area contributed by atoms with E-state index < -0.39 is 12.1 Å². The van der Waals surface area contributed by atoms with Crippen molar-refractivity contribution in [3.63, 3.8) is 0 Å². The molecule has 0 heterocycles. The van der Waals surface area contributed by atoms with Crippen molar-refractivity contribution in [3.8, 4) is 5.75 Å². The highest BCUT2D eigenvalue weighted by Gasteiger charge is 2.30. The monoisotopic (exact) mass is 347 g/mol. The summed E-state index contributed by atoms with van der Waals surface area (Å²) in [6.45, 7) is 8.30. The van der Waals surface area contributed by atoms with Gasteiger partial charge in [-0.25, -0.2) is 4.79 Å². The number of esters is 1. The van der Waals surface area contributed by atoms with Gasteiger partial charge in [0.15, 0.2) is 6.10 Å². The number of nitrogens with one attached hydrogen (secondary N) is 1. The largest absolute Gasteiger partial charge is 0.493 e. The van der Waals surface area contributed by atoms with E-state index in [1.165, 1.54) is 6.42 Å². The van der Waals surface area contributed by atoms with Crippen LogP contribution in [0, 0.1) is 11.8 Å². The van der Waals surface area contributed by atoms with Crippen LogP contribution >= 0.6 is 0 Å². The van der Waals surface area contributed by atoms with Crippen LogP contribution in [-0.2, 0) is 9.53 Å². The Kier molecular flexibility index (Phi) is 6.85. The highest BCUT2D eigenvalue weighted by molar-refractivity contribution is 5.94. The first-order valence-corrected chi connectivity index (χ1v) is 9.17. The molecule has 4 atom stereocenters. The zero-order chi connectivity index (χ0) is 18.4. The van der Waals surface area contributed by atoms with Crippen molar-refractivity contribution in [1.82, 2.24) is 5.32 Å². The molecule has 0 aliphatic heterocycles. The predicted octanol–water partition coefficient (Wildman–Crippen LogP) is 3.57. The number of carbonyl (C=O) groups excluding carboxylic acids is 2. The molecule has 2 rings (SSSR count). The molecule has 1 aliphatic rings. The van der Waals surface area contributed by atoms with E-state index in [1.54, 1.807) is 31.2 Å². The van der Waals surface area contributed by atoms with E-state index in [9.17, 15) is 9.59 Å². The van der Waals surface area contributed by atoms with Gasteiger partial charge in [-0.2, -0.15) is 0 Å². The van der Waals surface area contributed by atoms with E-state index in [4.69, 9.17) is 9.47 Å². The van der Waals surface area contributed by atoms with Crippen molar-refractivity contribution in [2.75, 3.05) is 6.61 Å². The second-order valence-corrected chi connectivity index (χ2v) is 6.86. The van der Waals surface area contributed by atoms with Crippen LogP contribution in [0.5, 0.6) is 5.75 Å². The molecule has 25 heavy (non-hydrogen) atoms. The molecule has 0 saturated heterocycles. The number of carbonyl (C=O) groups is 2. The first-order chi connectivity index (χ1) is 11.9. The molecule has 1 N–H and O–H groups in total. The van der Waals surface area contributed by atoms with Crippen LogP contribution in [0.3, 0.4) is 0 Å². The summed E-state index contributed by atoms with van der Waals surface area (Å²) in [5, 5.41) is 3.05. The number of amides is 1. The third-order valence-electron chi connectivity index (χ3n) is 5.09. The first-order valence-electron chi connectivity index (χ1n) is 9.17. The van der Waals surface area contributed by atoms with Crippen LogP contribution in [0.15, 0.2) is 24.3 Å². The standard InChI is InChI=1S/C20H29NO4/c1-5-24-18-12-7-6-10-16(18)20(23)25-15(4)19(22)21-17-11-8-9-13(2)14(17)3/h6-7,10,12-15,17H,5,8-9,11H2,1-4H3,(H,21,22)/t13-,14-,15-,17+/m0/s1. The summed E-state index contributed by atoms with van der Waals surface area (Å²) >= 11 is 0. The highest BCUT2D eigenvalue weighted by atomic mass is 16.5. The highest BCUT2D eigenvalue weighted by Crippen LogP contribution is 2.29. The van der Waals surface area contributed by atoms with E-state index in [2.05, 4.69) is 19.2 Å². The second-order valence-electron chi connectivity index (χ2n) is 6.86. The fourth-order valence-electron chi connectivity index (χ4n) is 3.28. The van der Waals surface area contributed by atoms with Gasteiger partial charge in [-0.1, -0.05) is 38.8 Å². The van der Waals surface area contributed by atoms with Crippen molar-refractivity contribution in [3.05, 3.63) is 29.8 Å². The Bertz CT molecular complexity index is 601. The fourth-order valence-corrected chi connectivity index (χ4v) is 3.28. The van der Waals surface area contributed by atoms with Gasteiger partial charge in [0.1, 0.15) is 11.3 Å².